The second-order valence-electron chi connectivity index (χ2n) is 4.47. The van der Waals surface area contributed by atoms with Crippen molar-refractivity contribution in [2.75, 3.05) is 16.8 Å². The van der Waals surface area contributed by atoms with Gasteiger partial charge < -0.3 is 10.2 Å². The van der Waals surface area contributed by atoms with Gasteiger partial charge in [-0.25, -0.2) is 4.98 Å². The molecule has 0 unspecified atom stereocenters. The van der Waals surface area contributed by atoms with Crippen LogP contribution in [0.1, 0.15) is 25.8 Å². The number of nitrogens with one attached hydrogen (secondary N) is 1. The summed E-state index contributed by atoms with van der Waals surface area (Å²) >= 11 is 0. The molecule has 0 aliphatic carbocycles. The van der Waals surface area contributed by atoms with Gasteiger partial charge in [0.05, 0.1) is 5.69 Å². The van der Waals surface area contributed by atoms with E-state index in [1.807, 2.05) is 19.2 Å². The summed E-state index contributed by atoms with van der Waals surface area (Å²) < 4.78 is 0. The first-order valence-corrected chi connectivity index (χ1v) is 5.61. The van der Waals surface area contributed by atoms with Crippen LogP contribution in [0.4, 0.5) is 11.5 Å². The lowest BCUT2D eigenvalue weighted by Crippen LogP contribution is -2.32. The van der Waals surface area contributed by atoms with Crippen LogP contribution in [0.5, 0.6) is 0 Å². The maximum atomic E-state index is 11.6. The molecule has 0 spiro atoms. The van der Waals surface area contributed by atoms with E-state index in [9.17, 15) is 4.79 Å². The first kappa shape index (κ1) is 10.9. The van der Waals surface area contributed by atoms with E-state index in [-0.39, 0.29) is 5.91 Å². The highest BCUT2D eigenvalue weighted by Gasteiger charge is 2.21. The van der Waals surface area contributed by atoms with Gasteiger partial charge in [-0.2, -0.15) is 0 Å². The van der Waals surface area contributed by atoms with Crippen molar-refractivity contribution in [3.63, 3.8) is 0 Å². The Balaban J connectivity index is 2.46. The minimum atomic E-state index is 0.0665. The van der Waals surface area contributed by atoms with Crippen molar-refractivity contribution in [2.45, 2.75) is 33.2 Å². The number of rotatable bonds is 1. The van der Waals surface area contributed by atoms with E-state index in [4.69, 9.17) is 0 Å². The Morgan fingerprint density at radius 1 is 1.50 bits per heavy atom. The average molecular weight is 219 g/mol. The minimum Gasteiger partial charge on any atom is -0.352 e. The molecule has 0 bridgehead atoms. The van der Waals surface area contributed by atoms with Gasteiger partial charge in [0.1, 0.15) is 0 Å². The molecule has 0 aromatic carbocycles. The smallest absolute Gasteiger partial charge is 0.226 e. The second-order valence-corrected chi connectivity index (χ2v) is 4.47. The molecule has 86 valence electrons. The fourth-order valence-corrected chi connectivity index (χ4v) is 1.93. The summed E-state index contributed by atoms with van der Waals surface area (Å²) in [7, 11) is 0. The van der Waals surface area contributed by atoms with Gasteiger partial charge in [-0.05, 0) is 32.4 Å². The van der Waals surface area contributed by atoms with Gasteiger partial charge in [-0.1, -0.05) is 0 Å². The molecule has 0 saturated carbocycles. The number of anilines is 2. The second kappa shape index (κ2) is 4.12. The van der Waals surface area contributed by atoms with E-state index < -0.39 is 0 Å². The standard InChI is InChI=1S/C12H17N3O/c1-8(2)15-5-4-11(16)14-10-6-9(3)7-13-12(10)15/h6-8H,4-5H2,1-3H3,(H,14,16). The molecule has 4 nitrogen and oxygen atoms in total. The predicted molar refractivity (Wildman–Crippen MR) is 64.7 cm³/mol. The van der Waals surface area contributed by atoms with Gasteiger partial charge in [0, 0.05) is 25.2 Å². The maximum Gasteiger partial charge on any atom is 0.226 e. The van der Waals surface area contributed by atoms with Crippen molar-refractivity contribution in [3.8, 4) is 0 Å². The predicted octanol–water partition coefficient (Wildman–Crippen LogP) is 1.95. The highest BCUT2D eigenvalue weighted by atomic mass is 16.1. The van der Waals surface area contributed by atoms with E-state index in [2.05, 4.69) is 29.0 Å². The van der Waals surface area contributed by atoms with Crippen molar-refractivity contribution < 1.29 is 4.79 Å². The molecule has 1 aromatic heterocycles. The third kappa shape index (κ3) is 2.01. The monoisotopic (exact) mass is 219 g/mol. The highest BCUT2D eigenvalue weighted by Crippen LogP contribution is 2.28. The number of nitrogens with zero attached hydrogens (tertiary/aromatic N) is 2. The molecule has 2 rings (SSSR count). The van der Waals surface area contributed by atoms with Gasteiger partial charge in [0.25, 0.3) is 0 Å². The van der Waals surface area contributed by atoms with Crippen molar-refractivity contribution in [1.29, 1.82) is 0 Å². The van der Waals surface area contributed by atoms with Crippen LogP contribution in [0.15, 0.2) is 12.3 Å². The highest BCUT2D eigenvalue weighted by molar-refractivity contribution is 5.95. The molecule has 16 heavy (non-hydrogen) atoms. The molecule has 0 saturated heterocycles. The minimum absolute atomic E-state index is 0.0665. The van der Waals surface area contributed by atoms with Crippen molar-refractivity contribution >= 4 is 17.4 Å². The Kier molecular flexibility index (Phi) is 2.81. The van der Waals surface area contributed by atoms with E-state index in [0.717, 1.165) is 23.6 Å². The zero-order valence-corrected chi connectivity index (χ0v) is 9.95. The molecule has 1 aliphatic rings. The zero-order valence-electron chi connectivity index (χ0n) is 9.95. The summed E-state index contributed by atoms with van der Waals surface area (Å²) in [6.45, 7) is 6.93. The van der Waals surface area contributed by atoms with Crippen LogP contribution >= 0.6 is 0 Å². The first-order valence-electron chi connectivity index (χ1n) is 5.61. The lowest BCUT2D eigenvalue weighted by Gasteiger charge is -2.27. The molecule has 0 atom stereocenters. The Morgan fingerprint density at radius 3 is 2.94 bits per heavy atom. The van der Waals surface area contributed by atoms with Gasteiger partial charge in [-0.15, -0.1) is 0 Å². The van der Waals surface area contributed by atoms with Crippen LogP contribution in [-0.4, -0.2) is 23.5 Å². The SMILES string of the molecule is Cc1cnc2c(c1)NC(=O)CCN2C(C)C. The van der Waals surface area contributed by atoms with Gasteiger partial charge in [-0.3, -0.25) is 4.79 Å². The Morgan fingerprint density at radius 2 is 2.25 bits per heavy atom. The fourth-order valence-electron chi connectivity index (χ4n) is 1.93. The van der Waals surface area contributed by atoms with E-state index in [1.165, 1.54) is 0 Å². The van der Waals surface area contributed by atoms with E-state index in [1.54, 1.807) is 0 Å². The summed E-state index contributed by atoms with van der Waals surface area (Å²) in [6, 6.07) is 2.32. The van der Waals surface area contributed by atoms with Crippen molar-refractivity contribution in [2.24, 2.45) is 0 Å². The molecule has 1 aromatic rings. The Bertz CT molecular complexity index is 415. The van der Waals surface area contributed by atoms with E-state index in [0.29, 0.717) is 12.5 Å². The third-order valence-corrected chi connectivity index (χ3v) is 2.75. The quantitative estimate of drug-likeness (QED) is 0.785. The molecule has 1 N–H and O–H groups in total. The first-order chi connectivity index (χ1) is 7.58. The number of carbonyl (C=O) groups excluding carboxylic acids is 1. The number of amides is 1. The average Bonchev–Trinajstić information content (AvgIpc) is 2.35. The molecule has 0 fully saturated rings. The van der Waals surface area contributed by atoms with E-state index >= 15 is 0 Å². The van der Waals surface area contributed by atoms with Crippen LogP contribution in [0, 0.1) is 6.92 Å². The molecule has 0 radical (unpaired) electrons. The lowest BCUT2D eigenvalue weighted by molar-refractivity contribution is -0.115. The third-order valence-electron chi connectivity index (χ3n) is 2.75. The normalized spacial score (nSPS) is 15.8. The lowest BCUT2D eigenvalue weighted by atomic mass is 10.2. The number of aryl methyl sites for hydroxylation is 1. The molecular formula is C12H17N3O. The number of aromatic nitrogens is 1. The number of hydrogen-bond donors (Lipinski definition) is 1. The van der Waals surface area contributed by atoms with Gasteiger partial charge in [0.15, 0.2) is 5.82 Å². The fraction of sp³-hybridized carbons (Fsp3) is 0.500. The molecule has 1 amide bonds. The number of carbonyl (C=O) groups is 1. The van der Waals surface area contributed by atoms with Gasteiger partial charge in [0.2, 0.25) is 5.91 Å². The number of hydrogen-bond acceptors (Lipinski definition) is 3. The van der Waals surface area contributed by atoms with Crippen molar-refractivity contribution in [1.82, 2.24) is 4.98 Å². The Labute approximate surface area is 95.7 Å². The summed E-state index contributed by atoms with van der Waals surface area (Å²) in [6.07, 6.45) is 2.36. The van der Waals surface area contributed by atoms with Crippen LogP contribution in [-0.2, 0) is 4.79 Å². The molecular weight excluding hydrogens is 202 g/mol. The topological polar surface area (TPSA) is 45.2 Å². The number of pyridine rings is 1. The van der Waals surface area contributed by atoms with Crippen LogP contribution in [0.25, 0.3) is 0 Å². The van der Waals surface area contributed by atoms with Crippen LogP contribution < -0.4 is 10.2 Å². The summed E-state index contributed by atoms with van der Waals surface area (Å²) in [5, 5.41) is 2.90. The molecule has 4 heteroatoms. The zero-order chi connectivity index (χ0) is 11.7. The summed E-state index contributed by atoms with van der Waals surface area (Å²) in [5.74, 6) is 0.947. The van der Waals surface area contributed by atoms with Crippen LogP contribution in [0.3, 0.4) is 0 Å². The molecule has 1 aliphatic heterocycles. The summed E-state index contributed by atoms with van der Waals surface area (Å²) in [5.41, 5.74) is 1.89. The van der Waals surface area contributed by atoms with Gasteiger partial charge >= 0.3 is 0 Å². The summed E-state index contributed by atoms with van der Waals surface area (Å²) in [4.78, 5) is 18.1. The van der Waals surface area contributed by atoms with Crippen molar-refractivity contribution in [3.05, 3.63) is 17.8 Å². The molecule has 2 heterocycles. The largest absolute Gasteiger partial charge is 0.352 e. The number of fused-ring (bicyclic) bond motifs is 1. The Hall–Kier alpha value is -1.58. The maximum absolute atomic E-state index is 11.6. The van der Waals surface area contributed by atoms with Crippen LogP contribution in [0.2, 0.25) is 0 Å².